The summed E-state index contributed by atoms with van der Waals surface area (Å²) in [6, 6.07) is 0. The van der Waals surface area contributed by atoms with Crippen LogP contribution in [0.2, 0.25) is 0 Å². The number of nitrogens with zero attached hydrogens (tertiary/aromatic N) is 3. The van der Waals surface area contributed by atoms with Crippen LogP contribution in [0.15, 0.2) is 9.90 Å². The maximum absolute atomic E-state index is 5.30. The van der Waals surface area contributed by atoms with Crippen LogP contribution < -0.4 is 0 Å². The first-order valence-corrected chi connectivity index (χ1v) is 6.38. The second kappa shape index (κ2) is 3.66. The molecule has 2 aromatic rings. The number of aromatic nitrogens is 3. The molecule has 0 radical (unpaired) electrons. The summed E-state index contributed by atoms with van der Waals surface area (Å²) in [5.74, 6) is 2.51. The van der Waals surface area contributed by atoms with Crippen LogP contribution in [0, 0.1) is 12.8 Å². The van der Waals surface area contributed by atoms with Crippen LogP contribution in [-0.2, 0) is 0 Å². The smallest absolute Gasteiger partial charge is 0.231 e. The number of aryl methyl sites for hydroxylation is 1. The van der Waals surface area contributed by atoms with E-state index in [1.807, 2.05) is 12.3 Å². The minimum absolute atomic E-state index is 0.391. The first kappa shape index (κ1) is 9.96. The van der Waals surface area contributed by atoms with Crippen molar-refractivity contribution in [2.75, 3.05) is 0 Å². The molecule has 5 heteroatoms. The van der Waals surface area contributed by atoms with E-state index in [9.17, 15) is 0 Å². The van der Waals surface area contributed by atoms with Gasteiger partial charge in [-0.2, -0.15) is 4.98 Å². The molecule has 0 N–H and O–H groups in total. The van der Waals surface area contributed by atoms with Crippen LogP contribution in [0.5, 0.6) is 0 Å². The Bertz CT molecular complexity index is 501. The van der Waals surface area contributed by atoms with Crippen molar-refractivity contribution in [3.8, 4) is 10.8 Å². The molecule has 1 aliphatic carbocycles. The van der Waals surface area contributed by atoms with Gasteiger partial charge in [0.15, 0.2) is 5.01 Å². The fourth-order valence-electron chi connectivity index (χ4n) is 1.76. The quantitative estimate of drug-likeness (QED) is 0.820. The number of hydrogen-bond donors (Lipinski definition) is 0. The van der Waals surface area contributed by atoms with Crippen LogP contribution in [0.4, 0.5) is 0 Å². The van der Waals surface area contributed by atoms with Crippen molar-refractivity contribution in [1.29, 1.82) is 0 Å². The van der Waals surface area contributed by atoms with Gasteiger partial charge in [-0.15, -0.1) is 11.3 Å². The summed E-state index contributed by atoms with van der Waals surface area (Å²) in [6.07, 6.45) is 2.57. The molecular weight excluding hydrogens is 222 g/mol. The Morgan fingerprint density at radius 1 is 1.44 bits per heavy atom. The highest BCUT2D eigenvalue weighted by molar-refractivity contribution is 7.13. The fraction of sp³-hybridized carbons (Fsp3) is 0.545. The zero-order valence-corrected chi connectivity index (χ0v) is 10.1. The fourth-order valence-corrected chi connectivity index (χ4v) is 2.48. The third-order valence-corrected chi connectivity index (χ3v) is 3.93. The molecule has 0 spiro atoms. The lowest BCUT2D eigenvalue weighted by atomic mass is 10.1. The van der Waals surface area contributed by atoms with E-state index < -0.39 is 0 Å². The summed E-state index contributed by atoms with van der Waals surface area (Å²) in [7, 11) is 0. The molecule has 0 bridgehead atoms. The molecule has 16 heavy (non-hydrogen) atoms. The largest absolute Gasteiger partial charge is 0.339 e. The molecule has 2 heterocycles. The molecule has 3 rings (SSSR count). The lowest BCUT2D eigenvalue weighted by Crippen LogP contribution is -1.95. The van der Waals surface area contributed by atoms with Crippen molar-refractivity contribution in [1.82, 2.24) is 15.1 Å². The summed E-state index contributed by atoms with van der Waals surface area (Å²) in [5.41, 5.74) is 1.00. The van der Waals surface area contributed by atoms with Gasteiger partial charge in [-0.25, -0.2) is 4.98 Å². The van der Waals surface area contributed by atoms with E-state index in [4.69, 9.17) is 4.52 Å². The number of hydrogen-bond acceptors (Lipinski definition) is 5. The van der Waals surface area contributed by atoms with Crippen LogP contribution in [0.1, 0.15) is 37.3 Å². The molecule has 2 aromatic heterocycles. The predicted octanol–water partition coefficient (Wildman–Crippen LogP) is 3.02. The van der Waals surface area contributed by atoms with Crippen molar-refractivity contribution in [2.45, 2.75) is 32.6 Å². The molecule has 0 saturated heterocycles. The van der Waals surface area contributed by atoms with E-state index in [0.717, 1.165) is 22.5 Å². The summed E-state index contributed by atoms with van der Waals surface area (Å²) in [5, 5.41) is 6.83. The van der Waals surface area contributed by atoms with Gasteiger partial charge in [0.25, 0.3) is 0 Å². The lowest BCUT2D eigenvalue weighted by molar-refractivity contribution is 0.349. The Morgan fingerprint density at radius 3 is 2.88 bits per heavy atom. The van der Waals surface area contributed by atoms with E-state index in [1.54, 1.807) is 11.3 Å². The Kier molecular flexibility index (Phi) is 2.28. The Balaban J connectivity index is 1.86. The van der Waals surface area contributed by atoms with E-state index in [-0.39, 0.29) is 0 Å². The second-order valence-corrected chi connectivity index (χ2v) is 5.23. The molecule has 0 amide bonds. The number of thiazole rings is 1. The molecule has 1 unspecified atom stereocenters. The van der Waals surface area contributed by atoms with Crippen molar-refractivity contribution >= 4 is 11.3 Å². The second-order valence-electron chi connectivity index (χ2n) is 4.38. The third-order valence-electron chi connectivity index (χ3n) is 2.97. The first-order valence-electron chi connectivity index (χ1n) is 5.50. The lowest BCUT2D eigenvalue weighted by Gasteiger charge is -2.00. The Morgan fingerprint density at radius 2 is 2.25 bits per heavy atom. The van der Waals surface area contributed by atoms with Crippen LogP contribution in [0.25, 0.3) is 10.8 Å². The van der Waals surface area contributed by atoms with Gasteiger partial charge in [0.2, 0.25) is 11.7 Å². The van der Waals surface area contributed by atoms with Gasteiger partial charge in [-0.05, 0) is 25.7 Å². The maximum atomic E-state index is 5.30. The molecule has 0 aromatic carbocycles. The number of rotatable bonds is 3. The summed E-state index contributed by atoms with van der Waals surface area (Å²) in [4.78, 5) is 8.77. The van der Waals surface area contributed by atoms with Gasteiger partial charge in [0, 0.05) is 17.0 Å². The Labute approximate surface area is 97.7 Å². The first-order chi connectivity index (χ1) is 7.74. The standard InChI is InChI=1S/C11H13N3OS/c1-6-5-16-11(12-6)9-13-10(15-14-9)7(2)8-3-4-8/h5,7-8H,3-4H2,1-2H3. The van der Waals surface area contributed by atoms with E-state index in [0.29, 0.717) is 11.7 Å². The molecule has 1 atom stereocenters. The predicted molar refractivity (Wildman–Crippen MR) is 61.3 cm³/mol. The van der Waals surface area contributed by atoms with E-state index >= 15 is 0 Å². The van der Waals surface area contributed by atoms with Crippen molar-refractivity contribution in [2.24, 2.45) is 5.92 Å². The topological polar surface area (TPSA) is 51.8 Å². The molecule has 1 aliphatic rings. The van der Waals surface area contributed by atoms with Crippen molar-refractivity contribution in [3.63, 3.8) is 0 Å². The molecule has 84 valence electrons. The minimum Gasteiger partial charge on any atom is -0.339 e. The molecular formula is C11H13N3OS. The summed E-state index contributed by atoms with van der Waals surface area (Å²) in [6.45, 7) is 4.12. The van der Waals surface area contributed by atoms with Gasteiger partial charge in [-0.1, -0.05) is 12.1 Å². The third kappa shape index (κ3) is 1.75. The maximum Gasteiger partial charge on any atom is 0.231 e. The van der Waals surface area contributed by atoms with Crippen LogP contribution in [0.3, 0.4) is 0 Å². The van der Waals surface area contributed by atoms with Crippen molar-refractivity contribution < 1.29 is 4.52 Å². The molecule has 4 nitrogen and oxygen atoms in total. The van der Waals surface area contributed by atoms with Gasteiger partial charge >= 0.3 is 0 Å². The minimum atomic E-state index is 0.391. The van der Waals surface area contributed by atoms with Gasteiger partial charge in [0.1, 0.15) is 0 Å². The molecule has 1 fully saturated rings. The van der Waals surface area contributed by atoms with E-state index in [1.165, 1.54) is 12.8 Å². The van der Waals surface area contributed by atoms with E-state index in [2.05, 4.69) is 22.0 Å². The normalized spacial score (nSPS) is 17.6. The van der Waals surface area contributed by atoms with Crippen molar-refractivity contribution in [3.05, 3.63) is 17.0 Å². The summed E-state index contributed by atoms with van der Waals surface area (Å²) >= 11 is 1.56. The van der Waals surface area contributed by atoms with Gasteiger partial charge in [0.05, 0.1) is 0 Å². The molecule has 1 saturated carbocycles. The average Bonchev–Trinajstić information content (AvgIpc) is 2.84. The Hall–Kier alpha value is -1.23. The van der Waals surface area contributed by atoms with Crippen LogP contribution >= 0.6 is 11.3 Å². The van der Waals surface area contributed by atoms with Crippen LogP contribution in [-0.4, -0.2) is 15.1 Å². The highest BCUT2D eigenvalue weighted by atomic mass is 32.1. The monoisotopic (exact) mass is 235 g/mol. The highest BCUT2D eigenvalue weighted by Gasteiger charge is 2.32. The zero-order valence-electron chi connectivity index (χ0n) is 9.30. The summed E-state index contributed by atoms with van der Waals surface area (Å²) < 4.78 is 5.30. The zero-order chi connectivity index (χ0) is 11.1. The van der Waals surface area contributed by atoms with Gasteiger partial charge in [-0.3, -0.25) is 0 Å². The molecule has 0 aliphatic heterocycles. The highest BCUT2D eigenvalue weighted by Crippen LogP contribution is 2.41. The SMILES string of the molecule is Cc1csc(-c2noc(C(C)C3CC3)n2)n1. The van der Waals surface area contributed by atoms with Gasteiger partial charge < -0.3 is 4.52 Å². The average molecular weight is 235 g/mol.